The molecule has 0 saturated heterocycles. The van der Waals surface area contributed by atoms with E-state index in [0.717, 1.165) is 0 Å². The quantitative estimate of drug-likeness (QED) is 0.752. The lowest BCUT2D eigenvalue weighted by molar-refractivity contribution is -0.129. The third-order valence-electron chi connectivity index (χ3n) is 2.90. The Morgan fingerprint density at radius 2 is 1.95 bits per heavy atom. The molecule has 0 saturated carbocycles. The van der Waals surface area contributed by atoms with Crippen molar-refractivity contribution < 1.29 is 19.5 Å². The molecular weight excluding hydrogens is 276 g/mol. The highest BCUT2D eigenvalue weighted by Gasteiger charge is 2.20. The first-order valence-corrected chi connectivity index (χ1v) is 6.45. The van der Waals surface area contributed by atoms with Crippen molar-refractivity contribution >= 4 is 23.6 Å². The molecule has 1 heterocycles. The Labute approximate surface area is 122 Å². The molecule has 0 aliphatic rings. The largest absolute Gasteiger partial charge is 0.477 e. The number of hydrogen-bond donors (Lipinski definition) is 3. The summed E-state index contributed by atoms with van der Waals surface area (Å²) in [5.41, 5.74) is 0.715. The van der Waals surface area contributed by atoms with Gasteiger partial charge < -0.3 is 25.2 Å². The Morgan fingerprint density at radius 1 is 1.33 bits per heavy atom. The summed E-state index contributed by atoms with van der Waals surface area (Å²) in [6.45, 7) is 3.69. The zero-order valence-electron chi connectivity index (χ0n) is 12.6. The Balaban J connectivity index is 2.83. The highest BCUT2D eigenvalue weighted by Crippen LogP contribution is 2.17. The van der Waals surface area contributed by atoms with Crippen molar-refractivity contribution in [2.75, 3.05) is 32.5 Å². The molecule has 0 spiro atoms. The van der Waals surface area contributed by atoms with Gasteiger partial charge >= 0.3 is 12.0 Å². The number of likely N-dealkylation sites (N-methyl/N-ethyl adjacent to an activating group) is 2. The number of carbonyl (C=O) groups excluding carboxylic acids is 2. The third kappa shape index (κ3) is 4.23. The second-order valence-corrected chi connectivity index (χ2v) is 4.78. The van der Waals surface area contributed by atoms with Crippen molar-refractivity contribution in [1.82, 2.24) is 14.8 Å². The number of aromatic amines is 1. The fraction of sp³-hybridized carbons (Fsp3) is 0.462. The third-order valence-corrected chi connectivity index (χ3v) is 2.90. The maximum absolute atomic E-state index is 12.1. The number of aromatic nitrogens is 1. The van der Waals surface area contributed by atoms with Crippen LogP contribution in [0.3, 0.4) is 0 Å². The first kappa shape index (κ1) is 16.5. The highest BCUT2D eigenvalue weighted by atomic mass is 16.4. The van der Waals surface area contributed by atoms with Crippen LogP contribution < -0.4 is 5.32 Å². The van der Waals surface area contributed by atoms with Gasteiger partial charge in [0.25, 0.3) is 0 Å². The van der Waals surface area contributed by atoms with Crippen LogP contribution in [0.5, 0.6) is 0 Å². The maximum Gasteiger partial charge on any atom is 0.354 e. The monoisotopic (exact) mass is 296 g/mol. The van der Waals surface area contributed by atoms with Crippen molar-refractivity contribution in [3.05, 3.63) is 17.5 Å². The van der Waals surface area contributed by atoms with Crippen molar-refractivity contribution in [1.29, 1.82) is 0 Å². The first-order chi connectivity index (χ1) is 9.76. The minimum Gasteiger partial charge on any atom is -0.477 e. The predicted molar refractivity (Wildman–Crippen MR) is 77.4 cm³/mol. The van der Waals surface area contributed by atoms with E-state index in [1.165, 1.54) is 15.9 Å². The summed E-state index contributed by atoms with van der Waals surface area (Å²) in [4.78, 5) is 40.2. The summed E-state index contributed by atoms with van der Waals surface area (Å²) >= 11 is 0. The number of hydrogen-bond acceptors (Lipinski definition) is 3. The predicted octanol–water partition coefficient (Wildman–Crippen LogP) is 0.963. The number of carboxylic acid groups (broad SMARTS) is 1. The summed E-state index contributed by atoms with van der Waals surface area (Å²) in [5, 5.41) is 11.6. The fourth-order valence-electron chi connectivity index (χ4n) is 1.68. The van der Waals surface area contributed by atoms with Gasteiger partial charge in [-0.3, -0.25) is 4.79 Å². The van der Waals surface area contributed by atoms with Crippen LogP contribution in [0, 0.1) is 6.92 Å². The van der Waals surface area contributed by atoms with Gasteiger partial charge in [0.05, 0.1) is 5.69 Å². The number of carbonyl (C=O) groups is 3. The van der Waals surface area contributed by atoms with Crippen LogP contribution in [0.15, 0.2) is 6.07 Å². The molecule has 1 rings (SSSR count). The van der Waals surface area contributed by atoms with Crippen LogP contribution in [-0.2, 0) is 4.79 Å². The number of H-pyrrole nitrogens is 1. The summed E-state index contributed by atoms with van der Waals surface area (Å²) in [6.07, 6.45) is 0. The van der Waals surface area contributed by atoms with Gasteiger partial charge in [-0.15, -0.1) is 0 Å². The van der Waals surface area contributed by atoms with Crippen LogP contribution >= 0.6 is 0 Å². The van der Waals surface area contributed by atoms with E-state index in [0.29, 0.717) is 12.2 Å². The van der Waals surface area contributed by atoms with Crippen LogP contribution in [0.1, 0.15) is 23.1 Å². The molecule has 8 nitrogen and oxygen atoms in total. The zero-order valence-corrected chi connectivity index (χ0v) is 12.6. The molecule has 1 aromatic rings. The van der Waals surface area contributed by atoms with E-state index in [1.807, 2.05) is 0 Å². The van der Waals surface area contributed by atoms with Crippen LogP contribution in [0.25, 0.3) is 0 Å². The fourth-order valence-corrected chi connectivity index (χ4v) is 1.68. The maximum atomic E-state index is 12.1. The average molecular weight is 296 g/mol. The Bertz CT molecular complexity index is 550. The second kappa shape index (κ2) is 6.78. The standard InChI is InChI=1S/C13H20N4O4/c1-5-17(7-10(18)16(3)4)13(21)15-9-6-8(2)14-11(9)12(19)20/h6,14H,5,7H2,1-4H3,(H,15,21)(H,19,20). The molecule has 1 aromatic heterocycles. The number of amides is 3. The molecule has 8 heteroatoms. The summed E-state index contributed by atoms with van der Waals surface area (Å²) in [7, 11) is 3.21. The minimum absolute atomic E-state index is 0.0683. The van der Waals surface area contributed by atoms with Crippen molar-refractivity contribution in [2.24, 2.45) is 0 Å². The van der Waals surface area contributed by atoms with Gasteiger partial charge in [-0.05, 0) is 19.9 Å². The molecule has 21 heavy (non-hydrogen) atoms. The van der Waals surface area contributed by atoms with Crippen LogP contribution in [0.4, 0.5) is 10.5 Å². The Morgan fingerprint density at radius 3 is 2.43 bits per heavy atom. The number of nitrogens with one attached hydrogen (secondary N) is 2. The van der Waals surface area contributed by atoms with Crippen molar-refractivity contribution in [3.63, 3.8) is 0 Å². The number of carboxylic acids is 1. The van der Waals surface area contributed by atoms with Gasteiger partial charge in [0.15, 0.2) is 0 Å². The molecule has 116 valence electrons. The Hall–Kier alpha value is -2.51. The van der Waals surface area contributed by atoms with Gasteiger partial charge in [0.1, 0.15) is 12.2 Å². The Kier molecular flexibility index (Phi) is 5.34. The van der Waals surface area contributed by atoms with Gasteiger partial charge in [-0.1, -0.05) is 0 Å². The number of aromatic carboxylic acids is 1. The molecule has 0 aliphatic heterocycles. The average Bonchev–Trinajstić information content (AvgIpc) is 2.76. The van der Waals surface area contributed by atoms with E-state index in [9.17, 15) is 14.4 Å². The van der Waals surface area contributed by atoms with Crippen molar-refractivity contribution in [3.8, 4) is 0 Å². The topological polar surface area (TPSA) is 106 Å². The van der Waals surface area contributed by atoms with Crippen LogP contribution in [-0.4, -0.2) is 65.0 Å². The van der Waals surface area contributed by atoms with E-state index in [2.05, 4.69) is 10.3 Å². The minimum atomic E-state index is -1.16. The lowest BCUT2D eigenvalue weighted by atomic mass is 10.3. The number of anilines is 1. The number of nitrogens with zero attached hydrogens (tertiary/aromatic N) is 2. The molecule has 0 unspecified atom stereocenters. The summed E-state index contributed by atoms with van der Waals surface area (Å²) < 4.78 is 0. The zero-order chi connectivity index (χ0) is 16.2. The van der Waals surface area contributed by atoms with E-state index in [1.54, 1.807) is 27.9 Å². The smallest absolute Gasteiger partial charge is 0.354 e. The van der Waals surface area contributed by atoms with Crippen LogP contribution in [0.2, 0.25) is 0 Å². The second-order valence-electron chi connectivity index (χ2n) is 4.78. The number of rotatable bonds is 5. The molecule has 0 radical (unpaired) electrons. The molecule has 3 amide bonds. The molecular formula is C13H20N4O4. The van der Waals surface area contributed by atoms with Crippen molar-refractivity contribution in [2.45, 2.75) is 13.8 Å². The van der Waals surface area contributed by atoms with E-state index in [-0.39, 0.29) is 23.8 Å². The van der Waals surface area contributed by atoms with Gasteiger partial charge in [0, 0.05) is 26.3 Å². The molecule has 0 aliphatic carbocycles. The van der Waals surface area contributed by atoms with E-state index < -0.39 is 12.0 Å². The van der Waals surface area contributed by atoms with E-state index >= 15 is 0 Å². The molecule has 0 bridgehead atoms. The van der Waals surface area contributed by atoms with Gasteiger partial charge in [-0.25, -0.2) is 9.59 Å². The lowest BCUT2D eigenvalue weighted by Gasteiger charge is -2.22. The SMILES string of the molecule is CCN(CC(=O)N(C)C)C(=O)Nc1cc(C)[nH]c1C(=O)O. The number of aryl methyl sites for hydroxylation is 1. The molecule has 0 fully saturated rings. The molecule has 0 atom stereocenters. The highest BCUT2D eigenvalue weighted by molar-refractivity contribution is 5.99. The van der Waals surface area contributed by atoms with E-state index in [4.69, 9.17) is 5.11 Å². The first-order valence-electron chi connectivity index (χ1n) is 6.45. The molecule has 0 aromatic carbocycles. The normalized spacial score (nSPS) is 10.1. The van der Waals surface area contributed by atoms with Gasteiger partial charge in [0.2, 0.25) is 5.91 Å². The van der Waals surface area contributed by atoms with Gasteiger partial charge in [-0.2, -0.15) is 0 Å². The number of urea groups is 1. The lowest BCUT2D eigenvalue weighted by Crippen LogP contribution is -2.42. The molecule has 3 N–H and O–H groups in total. The summed E-state index contributed by atoms with van der Waals surface area (Å²) in [5.74, 6) is -1.37. The summed E-state index contributed by atoms with van der Waals surface area (Å²) in [6, 6.07) is 1.01.